The maximum absolute atomic E-state index is 12.6. The molecular formula is C15H26N2O2S2. The summed E-state index contributed by atoms with van der Waals surface area (Å²) in [6.45, 7) is 7.02. The highest BCUT2D eigenvalue weighted by Gasteiger charge is 2.31. The van der Waals surface area contributed by atoms with Gasteiger partial charge in [0.2, 0.25) is 10.0 Å². The first kappa shape index (κ1) is 16.9. The topological polar surface area (TPSA) is 58.2 Å². The molecule has 6 heteroatoms. The lowest BCUT2D eigenvalue weighted by atomic mass is 9.75. The SMILES string of the molecule is CNCc1cc(S(=O)(=O)NC2CCCC(C)(C)C2)c(C)s1. The molecule has 0 bridgehead atoms. The van der Waals surface area contributed by atoms with Gasteiger partial charge in [0.15, 0.2) is 0 Å². The van der Waals surface area contributed by atoms with Crippen LogP contribution >= 0.6 is 11.3 Å². The summed E-state index contributed by atoms with van der Waals surface area (Å²) < 4.78 is 28.2. The molecule has 0 aliphatic heterocycles. The molecule has 0 amide bonds. The zero-order chi connectivity index (χ0) is 15.7. The molecular weight excluding hydrogens is 304 g/mol. The molecule has 1 fully saturated rings. The van der Waals surface area contributed by atoms with Gasteiger partial charge >= 0.3 is 0 Å². The van der Waals surface area contributed by atoms with Gasteiger partial charge in [0.1, 0.15) is 0 Å². The monoisotopic (exact) mass is 330 g/mol. The van der Waals surface area contributed by atoms with Gasteiger partial charge in [-0.2, -0.15) is 0 Å². The van der Waals surface area contributed by atoms with Crippen molar-refractivity contribution in [2.45, 2.75) is 63.9 Å². The maximum atomic E-state index is 12.6. The van der Waals surface area contributed by atoms with Crippen LogP contribution in [0.4, 0.5) is 0 Å². The molecule has 0 aromatic carbocycles. The highest BCUT2D eigenvalue weighted by molar-refractivity contribution is 7.89. The molecule has 1 aromatic rings. The van der Waals surface area contributed by atoms with Crippen LogP contribution in [0, 0.1) is 12.3 Å². The lowest BCUT2D eigenvalue weighted by Gasteiger charge is -2.35. The van der Waals surface area contributed by atoms with Gasteiger partial charge in [-0.3, -0.25) is 0 Å². The van der Waals surface area contributed by atoms with E-state index in [0.717, 1.165) is 29.0 Å². The van der Waals surface area contributed by atoms with E-state index in [2.05, 4.69) is 23.9 Å². The van der Waals surface area contributed by atoms with Crippen LogP contribution in [0.25, 0.3) is 0 Å². The van der Waals surface area contributed by atoms with Gasteiger partial charge in [-0.25, -0.2) is 13.1 Å². The molecule has 0 spiro atoms. The quantitative estimate of drug-likeness (QED) is 0.872. The number of thiophene rings is 1. The van der Waals surface area contributed by atoms with Crippen LogP contribution in [-0.4, -0.2) is 21.5 Å². The Labute approximate surface area is 132 Å². The number of sulfonamides is 1. The van der Waals surface area contributed by atoms with Gasteiger partial charge in [0.05, 0.1) is 4.90 Å². The Balaban J connectivity index is 2.15. The minimum atomic E-state index is -3.41. The average Bonchev–Trinajstić information content (AvgIpc) is 2.69. The van der Waals surface area contributed by atoms with E-state index in [0.29, 0.717) is 11.4 Å². The molecule has 1 unspecified atom stereocenters. The van der Waals surface area contributed by atoms with Crippen LogP contribution in [0.3, 0.4) is 0 Å². The molecule has 1 aliphatic rings. The van der Waals surface area contributed by atoms with Crippen molar-refractivity contribution >= 4 is 21.4 Å². The van der Waals surface area contributed by atoms with Crippen molar-refractivity contribution in [2.24, 2.45) is 5.41 Å². The Kier molecular flexibility index (Phi) is 5.13. The molecule has 1 aromatic heterocycles. The van der Waals surface area contributed by atoms with Crippen molar-refractivity contribution < 1.29 is 8.42 Å². The summed E-state index contributed by atoms with van der Waals surface area (Å²) in [5.41, 5.74) is 0.229. The number of hydrogen-bond donors (Lipinski definition) is 2. The van der Waals surface area contributed by atoms with E-state index in [9.17, 15) is 8.42 Å². The zero-order valence-electron chi connectivity index (χ0n) is 13.3. The molecule has 1 heterocycles. The smallest absolute Gasteiger partial charge is 0.241 e. The lowest BCUT2D eigenvalue weighted by Crippen LogP contribution is -2.40. The molecule has 0 radical (unpaired) electrons. The van der Waals surface area contributed by atoms with Crippen LogP contribution in [0.5, 0.6) is 0 Å². The van der Waals surface area contributed by atoms with E-state index in [4.69, 9.17) is 0 Å². The minimum absolute atomic E-state index is 0.0609. The fourth-order valence-corrected chi connectivity index (χ4v) is 6.05. The van der Waals surface area contributed by atoms with Gasteiger partial charge < -0.3 is 5.32 Å². The predicted molar refractivity (Wildman–Crippen MR) is 88.2 cm³/mol. The number of nitrogens with one attached hydrogen (secondary N) is 2. The van der Waals surface area contributed by atoms with Crippen molar-refractivity contribution in [2.75, 3.05) is 7.05 Å². The van der Waals surface area contributed by atoms with Gasteiger partial charge in [-0.05, 0) is 44.7 Å². The van der Waals surface area contributed by atoms with Crippen LogP contribution in [0.15, 0.2) is 11.0 Å². The molecule has 1 aliphatic carbocycles. The second kappa shape index (κ2) is 6.36. The van der Waals surface area contributed by atoms with Gasteiger partial charge in [0.25, 0.3) is 0 Å². The van der Waals surface area contributed by atoms with E-state index in [-0.39, 0.29) is 11.5 Å². The molecule has 4 nitrogen and oxygen atoms in total. The Bertz CT molecular complexity index is 591. The summed E-state index contributed by atoms with van der Waals surface area (Å²) in [5, 5.41) is 3.06. The number of rotatable bonds is 5. The molecule has 1 saturated carbocycles. The van der Waals surface area contributed by atoms with Gasteiger partial charge in [-0.1, -0.05) is 20.3 Å². The zero-order valence-corrected chi connectivity index (χ0v) is 15.0. The molecule has 2 N–H and O–H groups in total. The third-order valence-corrected chi connectivity index (χ3v) is 6.92. The second-order valence-electron chi connectivity index (χ2n) is 6.74. The highest BCUT2D eigenvalue weighted by atomic mass is 32.2. The Morgan fingerprint density at radius 2 is 2.14 bits per heavy atom. The summed E-state index contributed by atoms with van der Waals surface area (Å²) in [7, 11) is -1.54. The van der Waals surface area contributed by atoms with Crippen molar-refractivity contribution in [1.82, 2.24) is 10.0 Å². The Hall–Kier alpha value is -0.430. The van der Waals surface area contributed by atoms with Crippen molar-refractivity contribution in [3.8, 4) is 0 Å². The fourth-order valence-electron chi connectivity index (χ4n) is 3.13. The standard InChI is InChI=1S/C15H26N2O2S2/c1-11-14(8-13(20-11)10-16-4)21(18,19)17-12-6-5-7-15(2,3)9-12/h8,12,16-17H,5-7,9-10H2,1-4H3. The van der Waals surface area contributed by atoms with E-state index in [1.807, 2.05) is 14.0 Å². The van der Waals surface area contributed by atoms with Crippen molar-refractivity contribution in [1.29, 1.82) is 0 Å². The van der Waals surface area contributed by atoms with E-state index >= 15 is 0 Å². The molecule has 0 saturated heterocycles. The third kappa shape index (κ3) is 4.28. The largest absolute Gasteiger partial charge is 0.315 e. The number of aryl methyl sites for hydroxylation is 1. The van der Waals surface area contributed by atoms with Crippen LogP contribution in [0.1, 0.15) is 49.3 Å². The van der Waals surface area contributed by atoms with Crippen molar-refractivity contribution in [3.63, 3.8) is 0 Å². The van der Waals surface area contributed by atoms with E-state index in [1.54, 1.807) is 17.4 Å². The van der Waals surface area contributed by atoms with Crippen LogP contribution in [0.2, 0.25) is 0 Å². The lowest BCUT2D eigenvalue weighted by molar-refractivity contribution is 0.212. The summed E-state index contributed by atoms with van der Waals surface area (Å²) in [6.07, 6.45) is 4.12. The van der Waals surface area contributed by atoms with Crippen molar-refractivity contribution in [3.05, 3.63) is 15.8 Å². The first-order valence-electron chi connectivity index (χ1n) is 7.50. The van der Waals surface area contributed by atoms with Gasteiger partial charge in [0, 0.05) is 22.3 Å². The predicted octanol–water partition coefficient (Wildman–Crippen LogP) is 3.02. The highest BCUT2D eigenvalue weighted by Crippen LogP contribution is 2.36. The van der Waals surface area contributed by atoms with Crippen LogP contribution in [-0.2, 0) is 16.6 Å². The third-order valence-electron chi connectivity index (χ3n) is 4.09. The molecule has 1 atom stereocenters. The van der Waals surface area contributed by atoms with E-state index < -0.39 is 10.0 Å². The summed E-state index contributed by atoms with van der Waals surface area (Å²) in [4.78, 5) is 2.36. The molecule has 21 heavy (non-hydrogen) atoms. The molecule has 2 rings (SSSR count). The first-order valence-corrected chi connectivity index (χ1v) is 9.80. The Morgan fingerprint density at radius 3 is 2.76 bits per heavy atom. The summed E-state index contributed by atoms with van der Waals surface area (Å²) in [5.74, 6) is 0. The Morgan fingerprint density at radius 1 is 1.43 bits per heavy atom. The molecule has 120 valence electrons. The number of hydrogen-bond acceptors (Lipinski definition) is 4. The average molecular weight is 331 g/mol. The van der Waals surface area contributed by atoms with Gasteiger partial charge in [-0.15, -0.1) is 11.3 Å². The fraction of sp³-hybridized carbons (Fsp3) is 0.733. The minimum Gasteiger partial charge on any atom is -0.315 e. The summed E-state index contributed by atoms with van der Waals surface area (Å²) >= 11 is 1.55. The maximum Gasteiger partial charge on any atom is 0.241 e. The summed E-state index contributed by atoms with van der Waals surface area (Å²) in [6, 6.07) is 1.86. The van der Waals surface area contributed by atoms with Crippen LogP contribution < -0.4 is 10.0 Å². The second-order valence-corrected chi connectivity index (χ2v) is 9.77. The normalized spacial score (nSPS) is 22.4. The van der Waals surface area contributed by atoms with E-state index in [1.165, 1.54) is 6.42 Å². The first-order chi connectivity index (χ1) is 9.73.